The number of pyridine rings is 1. The first kappa shape index (κ1) is 11.6. The summed E-state index contributed by atoms with van der Waals surface area (Å²) in [5.74, 6) is -0.0681. The minimum absolute atomic E-state index is 0.0681. The largest absolute Gasteiger partial charge is 0.350 e. The van der Waals surface area contributed by atoms with Crippen LogP contribution in [0.1, 0.15) is 29.8 Å². The zero-order chi connectivity index (χ0) is 11.4. The monoisotopic (exact) mass is 282 g/mol. The Bertz CT molecular complexity index is 363. The van der Waals surface area contributed by atoms with Crippen molar-refractivity contribution in [1.29, 1.82) is 0 Å². The average molecular weight is 283 g/mol. The van der Waals surface area contributed by atoms with Crippen LogP contribution in [0.25, 0.3) is 0 Å². The first-order valence-electron chi connectivity index (χ1n) is 5.51. The number of rotatable bonds is 5. The van der Waals surface area contributed by atoms with Crippen LogP contribution in [0.3, 0.4) is 0 Å². The van der Waals surface area contributed by atoms with Gasteiger partial charge in [-0.1, -0.05) is 22.0 Å². The maximum Gasteiger partial charge on any atom is 0.269 e. The summed E-state index contributed by atoms with van der Waals surface area (Å²) in [5, 5.41) is 3.97. The molecule has 0 bridgehead atoms. The van der Waals surface area contributed by atoms with Crippen molar-refractivity contribution >= 4 is 21.8 Å². The molecular formula is C12H15BrN2O. The number of hydrogen-bond acceptors (Lipinski definition) is 2. The molecule has 0 aromatic carbocycles. The Hall–Kier alpha value is -0.900. The molecule has 2 rings (SSSR count). The lowest BCUT2D eigenvalue weighted by Crippen LogP contribution is -2.30. The summed E-state index contributed by atoms with van der Waals surface area (Å²) in [4.78, 5) is 15.8. The van der Waals surface area contributed by atoms with Gasteiger partial charge in [-0.25, -0.2) is 0 Å². The highest BCUT2D eigenvalue weighted by Gasteiger charge is 2.41. The SMILES string of the molecule is O=C(NCC1(CCBr)CC1)c1ccccn1. The molecule has 1 aromatic rings. The van der Waals surface area contributed by atoms with E-state index < -0.39 is 0 Å². The lowest BCUT2D eigenvalue weighted by atomic mass is 10.0. The minimum atomic E-state index is -0.0681. The predicted molar refractivity (Wildman–Crippen MR) is 66.6 cm³/mol. The molecule has 0 unspecified atom stereocenters. The van der Waals surface area contributed by atoms with Gasteiger partial charge in [0.15, 0.2) is 0 Å². The summed E-state index contributed by atoms with van der Waals surface area (Å²) in [7, 11) is 0. The summed E-state index contributed by atoms with van der Waals surface area (Å²) < 4.78 is 0. The molecule has 3 nitrogen and oxygen atoms in total. The van der Waals surface area contributed by atoms with Crippen LogP contribution in [0, 0.1) is 5.41 Å². The van der Waals surface area contributed by atoms with Crippen molar-refractivity contribution in [2.75, 3.05) is 11.9 Å². The van der Waals surface area contributed by atoms with E-state index in [-0.39, 0.29) is 5.91 Å². The van der Waals surface area contributed by atoms with Gasteiger partial charge in [-0.05, 0) is 36.8 Å². The maximum atomic E-state index is 11.7. The molecule has 1 amide bonds. The number of aromatic nitrogens is 1. The van der Waals surface area contributed by atoms with Gasteiger partial charge in [-0.15, -0.1) is 0 Å². The Morgan fingerprint density at radius 3 is 2.88 bits per heavy atom. The van der Waals surface area contributed by atoms with Crippen molar-refractivity contribution in [3.05, 3.63) is 30.1 Å². The van der Waals surface area contributed by atoms with Crippen LogP contribution >= 0.6 is 15.9 Å². The second-order valence-electron chi connectivity index (χ2n) is 4.34. The van der Waals surface area contributed by atoms with Gasteiger partial charge in [0.2, 0.25) is 0 Å². The smallest absolute Gasteiger partial charge is 0.269 e. The van der Waals surface area contributed by atoms with Gasteiger partial charge in [-0.3, -0.25) is 9.78 Å². The number of halogens is 1. The molecule has 1 aromatic heterocycles. The summed E-state index contributed by atoms with van der Waals surface area (Å²) in [6.45, 7) is 0.772. The van der Waals surface area contributed by atoms with E-state index in [2.05, 4.69) is 26.2 Å². The molecule has 1 heterocycles. The molecule has 16 heavy (non-hydrogen) atoms. The van der Waals surface area contributed by atoms with Crippen molar-refractivity contribution in [3.63, 3.8) is 0 Å². The quantitative estimate of drug-likeness (QED) is 0.843. The predicted octanol–water partition coefficient (Wildman–Crippen LogP) is 2.38. The standard InChI is InChI=1S/C12H15BrN2O/c13-7-6-12(4-5-12)9-15-11(16)10-3-1-2-8-14-10/h1-3,8H,4-7,9H2,(H,15,16). The van der Waals surface area contributed by atoms with Crippen LogP contribution in [0.4, 0.5) is 0 Å². The number of carbonyl (C=O) groups excluding carboxylic acids is 1. The first-order valence-corrected chi connectivity index (χ1v) is 6.63. The van der Waals surface area contributed by atoms with Crippen LogP contribution in [0.15, 0.2) is 24.4 Å². The number of carbonyl (C=O) groups is 1. The Morgan fingerprint density at radius 2 is 2.31 bits per heavy atom. The molecule has 0 radical (unpaired) electrons. The Kier molecular flexibility index (Phi) is 3.59. The van der Waals surface area contributed by atoms with Crippen molar-refractivity contribution < 1.29 is 4.79 Å². The number of nitrogens with one attached hydrogen (secondary N) is 1. The van der Waals surface area contributed by atoms with Crippen LogP contribution in [0.5, 0.6) is 0 Å². The Balaban J connectivity index is 1.85. The summed E-state index contributed by atoms with van der Waals surface area (Å²) >= 11 is 3.45. The molecule has 0 atom stereocenters. The fraction of sp³-hybridized carbons (Fsp3) is 0.500. The highest BCUT2D eigenvalue weighted by atomic mass is 79.9. The summed E-state index contributed by atoms with van der Waals surface area (Å²) in [6, 6.07) is 5.37. The third-order valence-electron chi connectivity index (χ3n) is 3.10. The van der Waals surface area contributed by atoms with E-state index in [9.17, 15) is 4.79 Å². The van der Waals surface area contributed by atoms with E-state index in [1.807, 2.05) is 12.1 Å². The van der Waals surface area contributed by atoms with Crippen molar-refractivity contribution in [1.82, 2.24) is 10.3 Å². The highest BCUT2D eigenvalue weighted by molar-refractivity contribution is 9.09. The van der Waals surface area contributed by atoms with E-state index >= 15 is 0 Å². The minimum Gasteiger partial charge on any atom is -0.350 e. The zero-order valence-corrected chi connectivity index (χ0v) is 10.7. The molecule has 0 spiro atoms. The summed E-state index contributed by atoms with van der Waals surface area (Å²) in [6.07, 6.45) is 5.22. The van der Waals surface area contributed by atoms with Gasteiger partial charge in [-0.2, -0.15) is 0 Å². The lowest BCUT2D eigenvalue weighted by Gasteiger charge is -2.14. The molecule has 1 aliphatic rings. The van der Waals surface area contributed by atoms with Gasteiger partial charge >= 0.3 is 0 Å². The van der Waals surface area contributed by atoms with Crippen LogP contribution in [-0.4, -0.2) is 22.8 Å². The number of alkyl halides is 1. The summed E-state index contributed by atoms with van der Waals surface area (Å²) in [5.41, 5.74) is 0.852. The molecule has 86 valence electrons. The second kappa shape index (κ2) is 4.95. The van der Waals surface area contributed by atoms with E-state index in [1.165, 1.54) is 12.8 Å². The van der Waals surface area contributed by atoms with Crippen LogP contribution < -0.4 is 5.32 Å². The van der Waals surface area contributed by atoms with E-state index in [4.69, 9.17) is 0 Å². The molecule has 4 heteroatoms. The molecular weight excluding hydrogens is 268 g/mol. The highest BCUT2D eigenvalue weighted by Crippen LogP contribution is 2.48. The molecule has 0 saturated heterocycles. The van der Waals surface area contributed by atoms with Crippen molar-refractivity contribution in [3.8, 4) is 0 Å². The molecule has 1 fully saturated rings. The van der Waals surface area contributed by atoms with Crippen molar-refractivity contribution in [2.45, 2.75) is 19.3 Å². The Morgan fingerprint density at radius 1 is 1.50 bits per heavy atom. The number of amides is 1. The lowest BCUT2D eigenvalue weighted by molar-refractivity contribution is 0.0939. The molecule has 0 aliphatic heterocycles. The first-order chi connectivity index (χ1) is 7.76. The Labute approximate surface area is 104 Å². The van der Waals surface area contributed by atoms with E-state index in [0.29, 0.717) is 11.1 Å². The zero-order valence-electron chi connectivity index (χ0n) is 9.08. The van der Waals surface area contributed by atoms with Gasteiger partial charge in [0.05, 0.1) is 0 Å². The third-order valence-corrected chi connectivity index (χ3v) is 3.50. The maximum absolute atomic E-state index is 11.7. The van der Waals surface area contributed by atoms with E-state index in [0.717, 1.165) is 18.3 Å². The number of nitrogens with zero attached hydrogens (tertiary/aromatic N) is 1. The molecule has 1 saturated carbocycles. The average Bonchev–Trinajstić information content (AvgIpc) is 3.08. The van der Waals surface area contributed by atoms with Gasteiger partial charge in [0, 0.05) is 18.1 Å². The molecule has 1 aliphatic carbocycles. The normalized spacial score (nSPS) is 16.8. The van der Waals surface area contributed by atoms with Crippen LogP contribution in [-0.2, 0) is 0 Å². The van der Waals surface area contributed by atoms with Gasteiger partial charge in [0.1, 0.15) is 5.69 Å². The van der Waals surface area contributed by atoms with Crippen LogP contribution in [0.2, 0.25) is 0 Å². The van der Waals surface area contributed by atoms with Crippen molar-refractivity contribution in [2.24, 2.45) is 5.41 Å². The fourth-order valence-corrected chi connectivity index (χ4v) is 2.59. The van der Waals surface area contributed by atoms with E-state index in [1.54, 1.807) is 12.3 Å². The second-order valence-corrected chi connectivity index (χ2v) is 5.13. The fourth-order valence-electron chi connectivity index (χ4n) is 1.75. The number of hydrogen-bond donors (Lipinski definition) is 1. The van der Waals surface area contributed by atoms with Gasteiger partial charge < -0.3 is 5.32 Å². The third kappa shape index (κ3) is 2.82. The topological polar surface area (TPSA) is 42.0 Å². The van der Waals surface area contributed by atoms with Gasteiger partial charge in [0.25, 0.3) is 5.91 Å². The molecule has 1 N–H and O–H groups in total.